The van der Waals surface area contributed by atoms with Crippen molar-refractivity contribution in [3.63, 3.8) is 0 Å². The molecule has 1 unspecified atom stereocenters. The lowest BCUT2D eigenvalue weighted by Gasteiger charge is -2.22. The highest BCUT2D eigenvalue weighted by Gasteiger charge is 2.64. The third-order valence-electron chi connectivity index (χ3n) is 2.41. The van der Waals surface area contributed by atoms with E-state index >= 15 is 0 Å². The first-order valence-corrected chi connectivity index (χ1v) is 4.57. The van der Waals surface area contributed by atoms with Gasteiger partial charge in [0.25, 0.3) is 0 Å². The average Bonchev–Trinajstić information content (AvgIpc) is 2.84. The number of nitrogens with one attached hydrogen (secondary N) is 1. The Morgan fingerprint density at radius 1 is 1.60 bits per heavy atom. The molecule has 0 aromatic heterocycles. The topological polar surface area (TPSA) is 55.1 Å². The molecule has 0 spiro atoms. The summed E-state index contributed by atoms with van der Waals surface area (Å²) in [6.07, 6.45) is -2.96. The minimum absolute atomic E-state index is 0.0664. The smallest absolute Gasteiger partial charge is 0.341 e. The third kappa shape index (κ3) is 2.50. The largest absolute Gasteiger partial charge is 0.411 e. The van der Waals surface area contributed by atoms with Crippen LogP contribution in [-0.2, 0) is 4.79 Å². The average molecular weight is 222 g/mol. The van der Waals surface area contributed by atoms with Crippen molar-refractivity contribution >= 4 is 5.91 Å². The lowest BCUT2D eigenvalue weighted by atomic mass is 10.1. The lowest BCUT2D eigenvalue weighted by Crippen LogP contribution is -2.52. The molecule has 1 rings (SSSR count). The Bertz CT molecular complexity index is 271. The highest BCUT2D eigenvalue weighted by atomic mass is 19.4. The summed E-state index contributed by atoms with van der Waals surface area (Å²) in [6, 6.07) is -0.956. The number of carbonyl (C=O) groups is 1. The third-order valence-corrected chi connectivity index (χ3v) is 2.41. The number of halogens is 3. The molecule has 1 aliphatic rings. The Kier molecular flexibility index (Phi) is 3.08. The van der Waals surface area contributed by atoms with Gasteiger partial charge in [-0.15, -0.1) is 6.58 Å². The van der Waals surface area contributed by atoms with Gasteiger partial charge >= 0.3 is 6.18 Å². The van der Waals surface area contributed by atoms with Crippen LogP contribution in [0.4, 0.5) is 13.2 Å². The van der Waals surface area contributed by atoms with Crippen LogP contribution in [0.2, 0.25) is 0 Å². The van der Waals surface area contributed by atoms with Crippen molar-refractivity contribution in [3.8, 4) is 0 Å². The number of carbonyl (C=O) groups excluding carboxylic acids is 1. The molecule has 3 nitrogen and oxygen atoms in total. The minimum atomic E-state index is -4.39. The van der Waals surface area contributed by atoms with Gasteiger partial charge in [-0.1, -0.05) is 6.08 Å². The second-order valence-electron chi connectivity index (χ2n) is 3.70. The molecule has 0 aromatic rings. The first-order valence-electron chi connectivity index (χ1n) is 4.57. The first kappa shape index (κ1) is 12.0. The van der Waals surface area contributed by atoms with E-state index in [9.17, 15) is 18.0 Å². The summed E-state index contributed by atoms with van der Waals surface area (Å²) in [4.78, 5) is 11.3. The molecule has 0 radical (unpaired) electrons. The molecule has 1 atom stereocenters. The van der Waals surface area contributed by atoms with Gasteiger partial charge in [-0.05, 0) is 19.3 Å². The second kappa shape index (κ2) is 3.84. The Hall–Kier alpha value is -1.04. The number of nitrogens with two attached hydrogens (primary N) is 1. The van der Waals surface area contributed by atoms with E-state index in [0.29, 0.717) is 0 Å². The zero-order valence-electron chi connectivity index (χ0n) is 8.10. The fourth-order valence-electron chi connectivity index (χ4n) is 1.22. The van der Waals surface area contributed by atoms with E-state index in [4.69, 9.17) is 5.73 Å². The lowest BCUT2D eigenvalue weighted by molar-refractivity contribution is -0.170. The quantitative estimate of drug-likeness (QED) is 0.700. The first-order chi connectivity index (χ1) is 6.82. The monoisotopic (exact) mass is 222 g/mol. The molecule has 1 fully saturated rings. The zero-order valence-corrected chi connectivity index (χ0v) is 8.10. The van der Waals surface area contributed by atoms with Crippen molar-refractivity contribution in [2.45, 2.75) is 37.0 Å². The maximum atomic E-state index is 12.4. The zero-order chi connectivity index (χ0) is 11.7. The van der Waals surface area contributed by atoms with E-state index in [0.717, 1.165) is 0 Å². The van der Waals surface area contributed by atoms with Gasteiger partial charge in [0.05, 0.1) is 6.04 Å². The van der Waals surface area contributed by atoms with Gasteiger partial charge in [0.2, 0.25) is 5.91 Å². The summed E-state index contributed by atoms with van der Waals surface area (Å²) in [5, 5.41) is 1.96. The summed E-state index contributed by atoms with van der Waals surface area (Å²) in [6.45, 7) is 3.36. The van der Waals surface area contributed by atoms with Crippen molar-refractivity contribution in [3.05, 3.63) is 12.7 Å². The van der Waals surface area contributed by atoms with Crippen molar-refractivity contribution in [2.24, 2.45) is 5.73 Å². The molecule has 1 aliphatic carbocycles. The van der Waals surface area contributed by atoms with Gasteiger partial charge in [0.1, 0.15) is 5.54 Å². The molecule has 15 heavy (non-hydrogen) atoms. The van der Waals surface area contributed by atoms with Gasteiger partial charge in [-0.3, -0.25) is 4.79 Å². The van der Waals surface area contributed by atoms with E-state index in [1.165, 1.54) is 6.08 Å². The second-order valence-corrected chi connectivity index (χ2v) is 3.70. The fraction of sp³-hybridized carbons (Fsp3) is 0.667. The maximum Gasteiger partial charge on any atom is 0.411 e. The summed E-state index contributed by atoms with van der Waals surface area (Å²) in [7, 11) is 0. The number of hydrogen-bond donors (Lipinski definition) is 2. The fourth-order valence-corrected chi connectivity index (χ4v) is 1.22. The molecule has 0 heterocycles. The number of amides is 1. The Balaban J connectivity index is 2.55. The van der Waals surface area contributed by atoms with Crippen molar-refractivity contribution in [1.29, 1.82) is 0 Å². The van der Waals surface area contributed by atoms with E-state index in [1.807, 2.05) is 5.32 Å². The van der Waals surface area contributed by atoms with E-state index < -0.39 is 23.7 Å². The van der Waals surface area contributed by atoms with E-state index in [2.05, 4.69) is 6.58 Å². The van der Waals surface area contributed by atoms with Crippen molar-refractivity contribution in [1.82, 2.24) is 5.32 Å². The van der Waals surface area contributed by atoms with Crippen LogP contribution in [-0.4, -0.2) is 23.7 Å². The molecule has 0 aromatic carbocycles. The highest BCUT2D eigenvalue weighted by Crippen LogP contribution is 2.48. The summed E-state index contributed by atoms with van der Waals surface area (Å²) in [5.74, 6) is -0.773. The maximum absolute atomic E-state index is 12.4. The molecular weight excluding hydrogens is 209 g/mol. The molecule has 1 saturated carbocycles. The number of alkyl halides is 3. The van der Waals surface area contributed by atoms with E-state index in [-0.39, 0.29) is 19.3 Å². The Morgan fingerprint density at radius 3 is 2.47 bits per heavy atom. The minimum Gasteiger partial charge on any atom is -0.341 e. The van der Waals surface area contributed by atoms with Crippen LogP contribution < -0.4 is 11.1 Å². The predicted octanol–water partition coefficient (Wildman–Crippen LogP) is 1.10. The molecule has 0 bridgehead atoms. The SMILES string of the molecule is C=CCC(N)C(=O)NC1(C(F)(F)F)CC1. The predicted molar refractivity (Wildman–Crippen MR) is 49.0 cm³/mol. The summed E-state index contributed by atoms with van der Waals surface area (Å²) < 4.78 is 37.3. The van der Waals surface area contributed by atoms with Gasteiger partial charge in [0.15, 0.2) is 0 Å². The van der Waals surface area contributed by atoms with Crippen LogP contribution in [0.5, 0.6) is 0 Å². The standard InChI is InChI=1S/C9H13F3N2O/c1-2-3-6(13)7(15)14-8(4-5-8)9(10,11)12/h2,6H,1,3-5,13H2,(H,14,15). The van der Waals surface area contributed by atoms with Crippen molar-refractivity contribution < 1.29 is 18.0 Å². The Labute approximate surface area is 85.5 Å². The molecule has 86 valence electrons. The molecular formula is C9H13F3N2O. The number of hydrogen-bond acceptors (Lipinski definition) is 2. The van der Waals surface area contributed by atoms with Crippen LogP contribution in [0.25, 0.3) is 0 Å². The summed E-state index contributed by atoms with van der Waals surface area (Å²) >= 11 is 0. The Morgan fingerprint density at radius 2 is 2.13 bits per heavy atom. The normalized spacial score (nSPS) is 20.5. The van der Waals surface area contributed by atoms with Crippen molar-refractivity contribution in [2.75, 3.05) is 0 Å². The highest BCUT2D eigenvalue weighted by molar-refractivity contribution is 5.82. The van der Waals surface area contributed by atoms with Crippen LogP contribution in [0.15, 0.2) is 12.7 Å². The van der Waals surface area contributed by atoms with Crippen LogP contribution >= 0.6 is 0 Å². The molecule has 1 amide bonds. The van der Waals surface area contributed by atoms with Crippen LogP contribution in [0.3, 0.4) is 0 Å². The van der Waals surface area contributed by atoms with Gasteiger partial charge in [0, 0.05) is 0 Å². The molecule has 3 N–H and O–H groups in total. The number of rotatable bonds is 4. The van der Waals surface area contributed by atoms with Gasteiger partial charge in [-0.25, -0.2) is 0 Å². The van der Waals surface area contributed by atoms with Crippen LogP contribution in [0.1, 0.15) is 19.3 Å². The van der Waals surface area contributed by atoms with Crippen LogP contribution in [0, 0.1) is 0 Å². The summed E-state index contributed by atoms with van der Waals surface area (Å²) in [5.41, 5.74) is 3.33. The van der Waals surface area contributed by atoms with Gasteiger partial charge in [-0.2, -0.15) is 13.2 Å². The molecule has 0 saturated heterocycles. The molecule has 0 aliphatic heterocycles. The molecule has 6 heteroatoms. The van der Waals surface area contributed by atoms with Gasteiger partial charge < -0.3 is 11.1 Å². The van der Waals surface area contributed by atoms with E-state index in [1.54, 1.807) is 0 Å².